The standard InChI is InChI=1S/C20H16N2O5/c1-2-27-19(24)20(12-21)16(14-9-6-10-15(11-14)22(25)26)17(20)18(23)13-7-4-3-5-8-13/h3-11,16-17H,2H2,1H3/t16-,17+,20-/m1/s1. The highest BCUT2D eigenvalue weighted by molar-refractivity contribution is 6.07. The molecule has 7 nitrogen and oxygen atoms in total. The Morgan fingerprint density at radius 1 is 1.22 bits per heavy atom. The molecule has 2 aromatic rings. The van der Waals surface area contributed by atoms with Crippen molar-refractivity contribution in [3.63, 3.8) is 0 Å². The van der Waals surface area contributed by atoms with Crippen LogP contribution in [0.1, 0.15) is 28.8 Å². The van der Waals surface area contributed by atoms with E-state index in [-0.39, 0.29) is 18.1 Å². The monoisotopic (exact) mass is 364 g/mol. The average molecular weight is 364 g/mol. The number of benzene rings is 2. The molecule has 0 amide bonds. The highest BCUT2D eigenvalue weighted by Crippen LogP contribution is 2.66. The first-order chi connectivity index (χ1) is 13.0. The molecule has 1 fully saturated rings. The second-order valence-electron chi connectivity index (χ2n) is 6.24. The molecule has 136 valence electrons. The summed E-state index contributed by atoms with van der Waals surface area (Å²) >= 11 is 0. The Balaban J connectivity index is 2.07. The molecule has 7 heteroatoms. The molecule has 0 aromatic heterocycles. The first-order valence-corrected chi connectivity index (χ1v) is 8.39. The average Bonchev–Trinajstić information content (AvgIpc) is 3.38. The molecule has 1 saturated carbocycles. The van der Waals surface area contributed by atoms with Crippen molar-refractivity contribution in [2.75, 3.05) is 6.61 Å². The number of carbonyl (C=O) groups is 2. The van der Waals surface area contributed by atoms with Crippen molar-refractivity contribution in [3.05, 3.63) is 75.8 Å². The number of ether oxygens (including phenoxy) is 1. The third kappa shape index (κ3) is 2.95. The van der Waals surface area contributed by atoms with Crippen molar-refractivity contribution >= 4 is 17.4 Å². The van der Waals surface area contributed by atoms with Gasteiger partial charge in [0.25, 0.3) is 5.69 Å². The zero-order valence-corrected chi connectivity index (χ0v) is 14.5. The SMILES string of the molecule is CCOC(=O)[C@@]1(C#N)[C@H](C(=O)c2ccccc2)[C@H]1c1cccc([N+](=O)[O-])c1. The van der Waals surface area contributed by atoms with Gasteiger partial charge in [-0.05, 0) is 12.5 Å². The summed E-state index contributed by atoms with van der Waals surface area (Å²) in [6.07, 6.45) is 0. The van der Waals surface area contributed by atoms with Gasteiger partial charge in [-0.3, -0.25) is 19.7 Å². The molecule has 0 heterocycles. The molecule has 0 N–H and O–H groups in total. The van der Waals surface area contributed by atoms with Crippen LogP contribution < -0.4 is 0 Å². The number of nitriles is 1. The van der Waals surface area contributed by atoms with Gasteiger partial charge in [-0.2, -0.15) is 5.26 Å². The Bertz CT molecular complexity index is 950. The number of nitro benzene ring substituents is 1. The molecule has 1 aliphatic rings. The largest absolute Gasteiger partial charge is 0.465 e. The van der Waals surface area contributed by atoms with Gasteiger partial charge in [0.05, 0.1) is 23.5 Å². The van der Waals surface area contributed by atoms with Crippen LogP contribution in [0.2, 0.25) is 0 Å². The molecule has 0 radical (unpaired) electrons. The lowest BCUT2D eigenvalue weighted by Crippen LogP contribution is -2.23. The molecule has 3 atom stereocenters. The van der Waals surface area contributed by atoms with E-state index in [1.807, 2.05) is 6.07 Å². The second-order valence-corrected chi connectivity index (χ2v) is 6.24. The summed E-state index contributed by atoms with van der Waals surface area (Å²) in [6.45, 7) is 1.68. The molecule has 0 bridgehead atoms. The fraction of sp³-hybridized carbons (Fsp3) is 0.250. The Kier molecular flexibility index (Phi) is 4.74. The van der Waals surface area contributed by atoms with Gasteiger partial charge in [-0.15, -0.1) is 0 Å². The first-order valence-electron chi connectivity index (χ1n) is 8.39. The Hall–Kier alpha value is -3.53. The van der Waals surface area contributed by atoms with Crippen molar-refractivity contribution in [2.24, 2.45) is 11.3 Å². The number of carbonyl (C=O) groups excluding carboxylic acids is 2. The van der Waals surface area contributed by atoms with Gasteiger partial charge in [0.2, 0.25) is 0 Å². The maximum Gasteiger partial charge on any atom is 0.327 e. The van der Waals surface area contributed by atoms with Crippen molar-refractivity contribution in [3.8, 4) is 6.07 Å². The molecular weight excluding hydrogens is 348 g/mol. The van der Waals surface area contributed by atoms with E-state index in [1.165, 1.54) is 18.2 Å². The smallest absolute Gasteiger partial charge is 0.327 e. The number of hydrogen-bond acceptors (Lipinski definition) is 6. The lowest BCUT2D eigenvalue weighted by molar-refractivity contribution is -0.384. The van der Waals surface area contributed by atoms with Crippen LogP contribution >= 0.6 is 0 Å². The van der Waals surface area contributed by atoms with E-state index in [9.17, 15) is 25.0 Å². The topological polar surface area (TPSA) is 110 Å². The van der Waals surface area contributed by atoms with E-state index in [0.29, 0.717) is 11.1 Å². The molecule has 0 unspecified atom stereocenters. The highest BCUT2D eigenvalue weighted by atomic mass is 16.6. The minimum absolute atomic E-state index is 0.0656. The molecular formula is C20H16N2O5. The highest BCUT2D eigenvalue weighted by Gasteiger charge is 2.75. The minimum atomic E-state index is -1.68. The fourth-order valence-electron chi connectivity index (χ4n) is 3.50. The zero-order chi connectivity index (χ0) is 19.6. The summed E-state index contributed by atoms with van der Waals surface area (Å²) in [7, 11) is 0. The normalized spacial score (nSPS) is 23.1. The third-order valence-corrected chi connectivity index (χ3v) is 4.78. The van der Waals surface area contributed by atoms with Crippen LogP contribution in [0, 0.1) is 32.8 Å². The molecule has 3 rings (SSSR count). The molecule has 1 aliphatic carbocycles. The summed E-state index contributed by atoms with van der Waals surface area (Å²) in [5, 5.41) is 20.9. The molecule has 0 saturated heterocycles. The Labute approximate surface area is 155 Å². The number of nitrogens with zero attached hydrogens (tertiary/aromatic N) is 2. The lowest BCUT2D eigenvalue weighted by Gasteiger charge is -2.08. The van der Waals surface area contributed by atoms with Crippen molar-refractivity contribution in [2.45, 2.75) is 12.8 Å². The summed E-state index contributed by atoms with van der Waals surface area (Å²) < 4.78 is 5.06. The number of esters is 1. The van der Waals surface area contributed by atoms with Crippen LogP contribution in [-0.2, 0) is 9.53 Å². The summed E-state index contributed by atoms with van der Waals surface area (Å²) in [6, 6.07) is 16.0. The van der Waals surface area contributed by atoms with E-state index in [2.05, 4.69) is 0 Å². The lowest BCUT2D eigenvalue weighted by atomic mass is 9.99. The molecule has 0 aliphatic heterocycles. The van der Waals surface area contributed by atoms with E-state index in [4.69, 9.17) is 4.74 Å². The van der Waals surface area contributed by atoms with Crippen LogP contribution in [0.4, 0.5) is 5.69 Å². The quantitative estimate of drug-likeness (QED) is 0.337. The van der Waals surface area contributed by atoms with Gasteiger partial charge in [0, 0.05) is 23.6 Å². The third-order valence-electron chi connectivity index (χ3n) is 4.78. The Morgan fingerprint density at radius 3 is 2.52 bits per heavy atom. The first kappa shape index (κ1) is 18.3. The van der Waals surface area contributed by atoms with Crippen LogP contribution in [0.5, 0.6) is 0 Å². The Morgan fingerprint density at radius 2 is 1.93 bits per heavy atom. The maximum absolute atomic E-state index is 13.0. The van der Waals surface area contributed by atoms with E-state index in [0.717, 1.165) is 0 Å². The molecule has 2 aromatic carbocycles. The van der Waals surface area contributed by atoms with E-state index < -0.39 is 28.1 Å². The number of hydrogen-bond donors (Lipinski definition) is 0. The zero-order valence-electron chi connectivity index (χ0n) is 14.5. The minimum Gasteiger partial charge on any atom is -0.465 e. The van der Waals surface area contributed by atoms with E-state index >= 15 is 0 Å². The van der Waals surface area contributed by atoms with Gasteiger partial charge in [-0.1, -0.05) is 42.5 Å². The van der Waals surface area contributed by atoms with Crippen molar-refractivity contribution < 1.29 is 19.2 Å². The van der Waals surface area contributed by atoms with Gasteiger partial charge >= 0.3 is 5.97 Å². The van der Waals surface area contributed by atoms with Gasteiger partial charge in [-0.25, -0.2) is 0 Å². The van der Waals surface area contributed by atoms with Crippen LogP contribution in [-0.4, -0.2) is 23.3 Å². The van der Waals surface area contributed by atoms with Gasteiger partial charge in [0.1, 0.15) is 0 Å². The van der Waals surface area contributed by atoms with Gasteiger partial charge < -0.3 is 4.74 Å². The molecule has 0 spiro atoms. The number of Topliss-reactive ketones (excluding diaryl/α,β-unsaturated/α-hetero) is 1. The van der Waals surface area contributed by atoms with Crippen LogP contribution in [0.15, 0.2) is 54.6 Å². The number of non-ortho nitro benzene ring substituents is 1. The fourth-order valence-corrected chi connectivity index (χ4v) is 3.50. The van der Waals surface area contributed by atoms with E-state index in [1.54, 1.807) is 43.3 Å². The van der Waals surface area contributed by atoms with Crippen LogP contribution in [0.3, 0.4) is 0 Å². The predicted molar refractivity (Wildman–Crippen MR) is 94.8 cm³/mol. The summed E-state index contributed by atoms with van der Waals surface area (Å²) in [4.78, 5) is 36.1. The summed E-state index contributed by atoms with van der Waals surface area (Å²) in [5.74, 6) is -2.89. The summed E-state index contributed by atoms with van der Waals surface area (Å²) in [5.41, 5.74) is -1.08. The number of rotatable bonds is 6. The maximum atomic E-state index is 13.0. The van der Waals surface area contributed by atoms with Crippen molar-refractivity contribution in [1.29, 1.82) is 5.26 Å². The number of nitro groups is 1. The van der Waals surface area contributed by atoms with Crippen molar-refractivity contribution in [1.82, 2.24) is 0 Å². The molecule has 27 heavy (non-hydrogen) atoms. The number of ketones is 1. The predicted octanol–water partition coefficient (Wildman–Crippen LogP) is 3.26. The second kappa shape index (κ2) is 7.00. The van der Waals surface area contributed by atoms with Crippen LogP contribution in [0.25, 0.3) is 0 Å². The van der Waals surface area contributed by atoms with Gasteiger partial charge in [0.15, 0.2) is 11.2 Å².